The quantitative estimate of drug-likeness (QED) is 0.166. The lowest BCUT2D eigenvalue weighted by Crippen LogP contribution is -2.27. The summed E-state index contributed by atoms with van der Waals surface area (Å²) < 4.78 is 31.1. The van der Waals surface area contributed by atoms with Crippen LogP contribution in [0.3, 0.4) is 0 Å². The summed E-state index contributed by atoms with van der Waals surface area (Å²) in [5.74, 6) is 6.40. The van der Waals surface area contributed by atoms with Gasteiger partial charge < -0.3 is 4.74 Å². The van der Waals surface area contributed by atoms with Crippen LogP contribution in [-0.2, 0) is 16.6 Å². The highest BCUT2D eigenvalue weighted by molar-refractivity contribution is 7.89. The molecule has 0 aliphatic carbocycles. The maximum atomic E-state index is 11.4. The van der Waals surface area contributed by atoms with E-state index in [1.807, 2.05) is 42.6 Å². The predicted molar refractivity (Wildman–Crippen MR) is 139 cm³/mol. The second-order valence-electron chi connectivity index (χ2n) is 8.04. The number of nitrogens with two attached hydrogens (primary N) is 1. The van der Waals surface area contributed by atoms with Crippen molar-refractivity contribution in [2.75, 3.05) is 18.9 Å². The lowest BCUT2D eigenvalue weighted by molar-refractivity contribution is 0.311. The van der Waals surface area contributed by atoms with Gasteiger partial charge >= 0.3 is 0 Å². The first-order chi connectivity index (χ1) is 17.0. The van der Waals surface area contributed by atoms with Crippen LogP contribution in [0.1, 0.15) is 18.9 Å². The summed E-state index contributed by atoms with van der Waals surface area (Å²) in [4.78, 5) is 9.00. The Bertz CT molecular complexity index is 1370. The number of pyridine rings is 2. The number of hydrogen-bond acceptors (Lipinski definition) is 7. The molecule has 0 unspecified atom stereocenters. The predicted octanol–water partition coefficient (Wildman–Crippen LogP) is 3.64. The average Bonchev–Trinajstić information content (AvgIpc) is 2.89. The number of sulfonamides is 1. The summed E-state index contributed by atoms with van der Waals surface area (Å²) >= 11 is 0. The largest absolute Gasteiger partial charge is 0.494 e. The minimum atomic E-state index is -3.16. The maximum absolute atomic E-state index is 11.4. The fourth-order valence-electron chi connectivity index (χ4n) is 3.71. The van der Waals surface area contributed by atoms with Crippen molar-refractivity contribution in [3.8, 4) is 28.1 Å². The number of nitrogens with zero attached hydrogens (tertiary/aromatic N) is 2. The van der Waals surface area contributed by atoms with Gasteiger partial charge in [-0.15, -0.1) is 0 Å². The molecule has 182 valence electrons. The van der Waals surface area contributed by atoms with Gasteiger partial charge in [0.05, 0.1) is 23.6 Å². The summed E-state index contributed by atoms with van der Waals surface area (Å²) in [6.07, 6.45) is 4.15. The molecule has 0 fully saturated rings. The second-order valence-corrected chi connectivity index (χ2v) is 10.1. The van der Waals surface area contributed by atoms with Crippen LogP contribution in [0.5, 0.6) is 5.75 Å². The van der Waals surface area contributed by atoms with Crippen LogP contribution in [-0.4, -0.2) is 37.3 Å². The van der Waals surface area contributed by atoms with Gasteiger partial charge in [0.15, 0.2) is 0 Å². The van der Waals surface area contributed by atoms with E-state index in [0.717, 1.165) is 44.6 Å². The smallest absolute Gasteiger partial charge is 0.211 e. The third-order valence-electron chi connectivity index (χ3n) is 5.65. The Balaban J connectivity index is 1.41. The minimum absolute atomic E-state index is 0.0829. The van der Waals surface area contributed by atoms with E-state index in [4.69, 9.17) is 15.6 Å². The third-order valence-corrected chi connectivity index (χ3v) is 7.05. The van der Waals surface area contributed by atoms with Crippen molar-refractivity contribution in [3.63, 3.8) is 0 Å². The van der Waals surface area contributed by atoms with Crippen LogP contribution >= 0.6 is 0 Å². The van der Waals surface area contributed by atoms with E-state index < -0.39 is 10.0 Å². The molecule has 4 rings (SSSR count). The van der Waals surface area contributed by atoms with Crippen molar-refractivity contribution < 1.29 is 13.2 Å². The highest BCUT2D eigenvalue weighted by Gasteiger charge is 2.09. The van der Waals surface area contributed by atoms with E-state index in [2.05, 4.69) is 39.4 Å². The highest BCUT2D eigenvalue weighted by atomic mass is 32.2. The Morgan fingerprint density at radius 2 is 1.66 bits per heavy atom. The van der Waals surface area contributed by atoms with Crippen LogP contribution < -0.4 is 20.7 Å². The number of rotatable bonds is 11. The number of hydrogen-bond donors (Lipinski definition) is 3. The van der Waals surface area contributed by atoms with Crippen molar-refractivity contribution >= 4 is 20.9 Å². The molecule has 4 aromatic rings. The Hall–Kier alpha value is -3.37. The summed E-state index contributed by atoms with van der Waals surface area (Å²) in [5.41, 5.74) is 8.71. The Morgan fingerprint density at radius 1 is 0.971 bits per heavy atom. The molecule has 0 saturated carbocycles. The number of ether oxygens (including phenoxy) is 1. The lowest BCUT2D eigenvalue weighted by atomic mass is 10.0. The van der Waals surface area contributed by atoms with Gasteiger partial charge in [-0.2, -0.15) is 0 Å². The van der Waals surface area contributed by atoms with Gasteiger partial charge in [-0.05, 0) is 54.3 Å². The van der Waals surface area contributed by atoms with Crippen molar-refractivity contribution in [1.82, 2.24) is 20.1 Å². The number of benzene rings is 2. The molecular formula is C26H29N5O3S. The molecule has 0 spiro atoms. The first kappa shape index (κ1) is 24.7. The van der Waals surface area contributed by atoms with Crippen molar-refractivity contribution in [1.29, 1.82) is 0 Å². The molecular weight excluding hydrogens is 462 g/mol. The van der Waals surface area contributed by atoms with Crippen molar-refractivity contribution in [2.24, 2.45) is 5.84 Å². The normalized spacial score (nSPS) is 11.6. The van der Waals surface area contributed by atoms with Gasteiger partial charge in [0, 0.05) is 36.4 Å². The van der Waals surface area contributed by atoms with Gasteiger partial charge in [0.25, 0.3) is 0 Å². The molecule has 0 saturated heterocycles. The molecule has 0 aliphatic rings. The topological polar surface area (TPSA) is 119 Å². The zero-order valence-electron chi connectivity index (χ0n) is 19.6. The van der Waals surface area contributed by atoms with Crippen LogP contribution in [0.25, 0.3) is 33.3 Å². The summed E-state index contributed by atoms with van der Waals surface area (Å²) in [6.45, 7) is 2.95. The second kappa shape index (κ2) is 11.4. The number of nitrogens with one attached hydrogen (secondary N) is 2. The molecule has 0 aliphatic heterocycles. The minimum Gasteiger partial charge on any atom is -0.494 e. The standard InChI is InChI=1S/C26H29N5O3S/c1-2-35(32,33)30-13-3-15-34-23-10-8-20(9-11-23)19-4-6-21(7-5-19)26-16-22(17-29-27)24-18-28-14-12-25(24)31-26/h4-12,14,16,18,29-30H,2-3,13,15,17,27H2,1H3. The SMILES string of the molecule is CCS(=O)(=O)NCCCOc1ccc(-c2ccc(-c3cc(CNN)c4cnccc4n3)cc2)cc1. The van der Waals surface area contributed by atoms with Crippen LogP contribution in [0, 0.1) is 0 Å². The van der Waals surface area contributed by atoms with Gasteiger partial charge in [-0.25, -0.2) is 18.1 Å². The first-order valence-electron chi connectivity index (χ1n) is 11.5. The number of fused-ring (bicyclic) bond motifs is 1. The molecule has 35 heavy (non-hydrogen) atoms. The van der Waals surface area contributed by atoms with E-state index in [-0.39, 0.29) is 5.75 Å². The fourth-order valence-corrected chi connectivity index (χ4v) is 4.37. The van der Waals surface area contributed by atoms with Crippen LogP contribution in [0.4, 0.5) is 0 Å². The zero-order valence-corrected chi connectivity index (χ0v) is 20.4. The molecule has 4 N–H and O–H groups in total. The Morgan fingerprint density at radius 3 is 2.34 bits per heavy atom. The highest BCUT2D eigenvalue weighted by Crippen LogP contribution is 2.28. The fraction of sp³-hybridized carbons (Fsp3) is 0.231. The van der Waals surface area contributed by atoms with Gasteiger partial charge in [0.2, 0.25) is 10.0 Å². The molecule has 9 heteroatoms. The van der Waals surface area contributed by atoms with Gasteiger partial charge in [0.1, 0.15) is 5.75 Å². The Kier molecular flexibility index (Phi) is 8.04. The number of aromatic nitrogens is 2. The number of hydrazine groups is 1. The van der Waals surface area contributed by atoms with Gasteiger partial charge in [-0.1, -0.05) is 36.4 Å². The lowest BCUT2D eigenvalue weighted by Gasteiger charge is -2.10. The first-order valence-corrected chi connectivity index (χ1v) is 13.1. The molecule has 8 nitrogen and oxygen atoms in total. The maximum Gasteiger partial charge on any atom is 0.211 e. The molecule has 0 amide bonds. The Labute approximate surface area is 205 Å². The third kappa shape index (κ3) is 6.40. The van der Waals surface area contributed by atoms with E-state index in [0.29, 0.717) is 26.1 Å². The molecule has 2 aromatic carbocycles. The monoisotopic (exact) mass is 491 g/mol. The van der Waals surface area contributed by atoms with E-state index in [1.165, 1.54) is 0 Å². The summed E-state index contributed by atoms with van der Waals surface area (Å²) in [6, 6.07) is 20.1. The summed E-state index contributed by atoms with van der Waals surface area (Å²) in [7, 11) is -3.16. The molecule has 2 heterocycles. The van der Waals surface area contributed by atoms with E-state index in [1.54, 1.807) is 13.1 Å². The van der Waals surface area contributed by atoms with E-state index >= 15 is 0 Å². The average molecular weight is 492 g/mol. The van der Waals surface area contributed by atoms with Gasteiger partial charge in [-0.3, -0.25) is 16.3 Å². The molecule has 0 atom stereocenters. The van der Waals surface area contributed by atoms with Crippen molar-refractivity contribution in [2.45, 2.75) is 19.9 Å². The molecule has 0 bridgehead atoms. The van der Waals surface area contributed by atoms with Crippen LogP contribution in [0.15, 0.2) is 73.1 Å². The molecule has 2 aromatic heterocycles. The van der Waals surface area contributed by atoms with Crippen LogP contribution in [0.2, 0.25) is 0 Å². The van der Waals surface area contributed by atoms with Crippen molar-refractivity contribution in [3.05, 3.63) is 78.6 Å². The summed E-state index contributed by atoms with van der Waals surface area (Å²) in [5, 5.41) is 0.982. The van der Waals surface area contributed by atoms with E-state index in [9.17, 15) is 8.42 Å². The zero-order chi connectivity index (χ0) is 24.7. The molecule has 0 radical (unpaired) electrons.